The van der Waals surface area contributed by atoms with Crippen molar-refractivity contribution in [2.45, 2.75) is 26.8 Å². The highest BCUT2D eigenvalue weighted by Crippen LogP contribution is 2.06. The van der Waals surface area contributed by atoms with Gasteiger partial charge in [0.25, 0.3) is 0 Å². The standard InChI is InChI=1S/C17H22ClN5/c1-3-19-17(23-12-15-13(2)5-4-9-20-15)21-10-8-14-6-7-16(18)22-11-14/h4-7,9,11H,3,8,10,12H2,1-2H3,(H2,19,21,23). The van der Waals surface area contributed by atoms with Gasteiger partial charge in [-0.05, 0) is 43.5 Å². The normalized spacial score (nSPS) is 11.3. The van der Waals surface area contributed by atoms with Crippen LogP contribution in [-0.2, 0) is 13.0 Å². The minimum Gasteiger partial charge on any atom is -0.357 e. The van der Waals surface area contributed by atoms with Crippen molar-refractivity contribution in [2.24, 2.45) is 4.99 Å². The number of pyridine rings is 2. The number of guanidine groups is 1. The highest BCUT2D eigenvalue weighted by Gasteiger charge is 2.01. The van der Waals surface area contributed by atoms with Crippen molar-refractivity contribution in [3.8, 4) is 0 Å². The van der Waals surface area contributed by atoms with E-state index in [1.54, 1.807) is 18.5 Å². The average Bonchev–Trinajstić information content (AvgIpc) is 2.56. The second-order valence-electron chi connectivity index (χ2n) is 5.13. The van der Waals surface area contributed by atoms with Crippen molar-refractivity contribution in [1.29, 1.82) is 0 Å². The van der Waals surface area contributed by atoms with Crippen LogP contribution in [0.3, 0.4) is 0 Å². The van der Waals surface area contributed by atoms with Gasteiger partial charge in [-0.3, -0.25) is 4.98 Å². The molecule has 0 saturated carbocycles. The van der Waals surface area contributed by atoms with Gasteiger partial charge in [-0.1, -0.05) is 23.7 Å². The molecule has 0 aliphatic rings. The van der Waals surface area contributed by atoms with Crippen LogP contribution in [0.25, 0.3) is 0 Å². The molecule has 5 nitrogen and oxygen atoms in total. The first-order valence-electron chi connectivity index (χ1n) is 7.72. The molecule has 0 aliphatic carbocycles. The van der Waals surface area contributed by atoms with E-state index in [1.165, 1.54) is 0 Å². The van der Waals surface area contributed by atoms with Gasteiger partial charge in [0.05, 0.1) is 12.2 Å². The van der Waals surface area contributed by atoms with Crippen molar-refractivity contribution in [1.82, 2.24) is 20.6 Å². The number of hydrogen-bond donors (Lipinski definition) is 2. The Bertz CT molecular complexity index is 640. The molecule has 122 valence electrons. The largest absolute Gasteiger partial charge is 0.357 e. The Labute approximate surface area is 142 Å². The van der Waals surface area contributed by atoms with Crippen molar-refractivity contribution in [3.63, 3.8) is 0 Å². The average molecular weight is 332 g/mol. The molecule has 0 aromatic carbocycles. The van der Waals surface area contributed by atoms with Gasteiger partial charge in [-0.2, -0.15) is 0 Å². The number of aryl methyl sites for hydroxylation is 1. The summed E-state index contributed by atoms with van der Waals surface area (Å²) in [6.07, 6.45) is 4.45. The van der Waals surface area contributed by atoms with E-state index in [4.69, 9.17) is 11.6 Å². The summed E-state index contributed by atoms with van der Waals surface area (Å²) in [5.41, 5.74) is 3.28. The Hall–Kier alpha value is -2.14. The third-order valence-corrected chi connectivity index (χ3v) is 3.57. The highest BCUT2D eigenvalue weighted by atomic mass is 35.5. The lowest BCUT2D eigenvalue weighted by atomic mass is 10.2. The molecule has 2 aromatic rings. The summed E-state index contributed by atoms with van der Waals surface area (Å²) in [6.45, 7) is 6.24. The summed E-state index contributed by atoms with van der Waals surface area (Å²) in [7, 11) is 0. The zero-order valence-electron chi connectivity index (χ0n) is 13.5. The quantitative estimate of drug-likeness (QED) is 0.485. The molecule has 0 saturated heterocycles. The summed E-state index contributed by atoms with van der Waals surface area (Å²) < 4.78 is 0. The van der Waals surface area contributed by atoms with Gasteiger partial charge in [-0.15, -0.1) is 0 Å². The molecule has 0 spiro atoms. The van der Waals surface area contributed by atoms with Gasteiger partial charge in [-0.25, -0.2) is 9.98 Å². The zero-order valence-corrected chi connectivity index (χ0v) is 14.3. The van der Waals surface area contributed by atoms with Crippen LogP contribution in [0.5, 0.6) is 0 Å². The van der Waals surface area contributed by atoms with Crippen molar-refractivity contribution in [2.75, 3.05) is 13.1 Å². The Morgan fingerprint density at radius 1 is 1.22 bits per heavy atom. The molecule has 2 N–H and O–H groups in total. The van der Waals surface area contributed by atoms with E-state index in [0.29, 0.717) is 11.7 Å². The van der Waals surface area contributed by atoms with Gasteiger partial charge < -0.3 is 10.6 Å². The molecular formula is C17H22ClN5. The van der Waals surface area contributed by atoms with Crippen molar-refractivity contribution >= 4 is 17.6 Å². The minimum atomic E-state index is 0.516. The fourth-order valence-electron chi connectivity index (χ4n) is 2.06. The van der Waals surface area contributed by atoms with Crippen LogP contribution in [0.1, 0.15) is 23.7 Å². The van der Waals surface area contributed by atoms with Crippen molar-refractivity contribution < 1.29 is 0 Å². The molecule has 2 heterocycles. The Balaban J connectivity index is 1.89. The molecule has 0 unspecified atom stereocenters. The van der Waals surface area contributed by atoms with Crippen LogP contribution in [0.4, 0.5) is 0 Å². The third-order valence-electron chi connectivity index (χ3n) is 3.34. The maximum absolute atomic E-state index is 5.79. The molecule has 2 aromatic heterocycles. The molecule has 0 bridgehead atoms. The first kappa shape index (κ1) is 17.2. The lowest BCUT2D eigenvalue weighted by Crippen LogP contribution is -2.38. The van der Waals surface area contributed by atoms with Gasteiger partial charge in [0.1, 0.15) is 5.15 Å². The topological polar surface area (TPSA) is 62.2 Å². The van der Waals surface area contributed by atoms with E-state index in [0.717, 1.165) is 42.3 Å². The minimum absolute atomic E-state index is 0.516. The number of nitrogens with zero attached hydrogens (tertiary/aromatic N) is 3. The molecule has 0 atom stereocenters. The van der Waals surface area contributed by atoms with Crippen molar-refractivity contribution in [3.05, 3.63) is 58.6 Å². The van der Waals surface area contributed by atoms with E-state index in [-0.39, 0.29) is 0 Å². The molecule has 0 radical (unpaired) electrons. The lowest BCUT2D eigenvalue weighted by molar-refractivity contribution is 0.794. The fraction of sp³-hybridized carbons (Fsp3) is 0.353. The number of halogens is 1. The summed E-state index contributed by atoms with van der Waals surface area (Å²) in [5.74, 6) is 0.791. The SMILES string of the molecule is CCNC(=NCc1ncccc1C)NCCc1ccc(Cl)nc1. The van der Waals surface area contributed by atoms with Gasteiger partial charge in [0.2, 0.25) is 0 Å². The Morgan fingerprint density at radius 2 is 2.09 bits per heavy atom. The summed E-state index contributed by atoms with van der Waals surface area (Å²) in [4.78, 5) is 13.0. The molecule has 6 heteroatoms. The van der Waals surface area contributed by atoms with Crippen LogP contribution in [-0.4, -0.2) is 29.0 Å². The van der Waals surface area contributed by atoms with E-state index < -0.39 is 0 Å². The molecule has 0 aliphatic heterocycles. The molecular weight excluding hydrogens is 310 g/mol. The van der Waals surface area contributed by atoms with E-state index in [2.05, 4.69) is 25.6 Å². The van der Waals surface area contributed by atoms with Crippen LogP contribution in [0.2, 0.25) is 5.15 Å². The van der Waals surface area contributed by atoms with E-state index in [1.807, 2.05) is 32.0 Å². The van der Waals surface area contributed by atoms with Gasteiger partial charge >= 0.3 is 0 Å². The summed E-state index contributed by atoms with van der Waals surface area (Å²) in [6, 6.07) is 7.77. The molecule has 0 fully saturated rings. The van der Waals surface area contributed by atoms with Crippen LogP contribution in [0.15, 0.2) is 41.7 Å². The maximum Gasteiger partial charge on any atom is 0.191 e. The fourth-order valence-corrected chi connectivity index (χ4v) is 2.17. The zero-order chi connectivity index (χ0) is 16.5. The Kier molecular flexibility index (Phi) is 6.81. The van der Waals surface area contributed by atoms with E-state index in [9.17, 15) is 0 Å². The highest BCUT2D eigenvalue weighted by molar-refractivity contribution is 6.29. The van der Waals surface area contributed by atoms with Gasteiger partial charge in [0.15, 0.2) is 5.96 Å². The van der Waals surface area contributed by atoms with Gasteiger partial charge in [0, 0.05) is 25.5 Å². The summed E-state index contributed by atoms with van der Waals surface area (Å²) in [5, 5.41) is 7.08. The lowest BCUT2D eigenvalue weighted by Gasteiger charge is -2.11. The summed E-state index contributed by atoms with van der Waals surface area (Å²) >= 11 is 5.79. The Morgan fingerprint density at radius 3 is 2.78 bits per heavy atom. The predicted octanol–water partition coefficient (Wildman–Crippen LogP) is 2.74. The first-order valence-corrected chi connectivity index (χ1v) is 8.10. The first-order chi connectivity index (χ1) is 11.2. The molecule has 2 rings (SSSR count). The second-order valence-corrected chi connectivity index (χ2v) is 5.52. The number of nitrogens with one attached hydrogen (secondary N) is 2. The smallest absolute Gasteiger partial charge is 0.191 e. The second kappa shape index (κ2) is 9.10. The monoisotopic (exact) mass is 331 g/mol. The third kappa shape index (κ3) is 5.87. The number of rotatable bonds is 6. The molecule has 0 amide bonds. The number of aromatic nitrogens is 2. The maximum atomic E-state index is 5.79. The predicted molar refractivity (Wildman–Crippen MR) is 94.7 cm³/mol. The van der Waals surface area contributed by atoms with E-state index >= 15 is 0 Å². The number of hydrogen-bond acceptors (Lipinski definition) is 3. The van der Waals surface area contributed by atoms with Crippen LogP contribution >= 0.6 is 11.6 Å². The molecule has 23 heavy (non-hydrogen) atoms. The van der Waals surface area contributed by atoms with Crippen LogP contribution in [0, 0.1) is 6.92 Å². The van der Waals surface area contributed by atoms with Crippen LogP contribution < -0.4 is 10.6 Å². The number of aliphatic imine (C=N–C) groups is 1.